The first-order chi connectivity index (χ1) is 14.2. The van der Waals surface area contributed by atoms with Crippen LogP contribution in [0.5, 0.6) is 0 Å². The Balaban J connectivity index is 1.67. The molecular weight excluding hydrogens is 390 g/mol. The number of nitrogens with one attached hydrogen (secondary N) is 2. The molecule has 2 heterocycles. The number of anilines is 4. The molecule has 0 saturated carbocycles. The zero-order valence-corrected chi connectivity index (χ0v) is 19.1. The van der Waals surface area contributed by atoms with Gasteiger partial charge in [-0.15, -0.1) is 0 Å². The van der Waals surface area contributed by atoms with E-state index in [-0.39, 0.29) is 5.41 Å². The van der Waals surface area contributed by atoms with Crippen LogP contribution in [0.3, 0.4) is 0 Å². The Morgan fingerprint density at radius 3 is 2.10 bits per heavy atom. The molecule has 0 atom stereocenters. The van der Waals surface area contributed by atoms with Gasteiger partial charge in [0.05, 0.1) is 0 Å². The molecule has 30 heavy (non-hydrogen) atoms. The molecule has 0 amide bonds. The van der Waals surface area contributed by atoms with E-state index in [1.165, 1.54) is 16.7 Å². The Morgan fingerprint density at radius 1 is 0.800 bits per heavy atom. The van der Waals surface area contributed by atoms with E-state index in [1.807, 2.05) is 6.92 Å². The Hall–Kier alpha value is -2.99. The van der Waals surface area contributed by atoms with Crippen molar-refractivity contribution in [2.24, 2.45) is 0 Å². The lowest BCUT2D eigenvalue weighted by atomic mass is 9.87. The number of rotatable bonds is 4. The van der Waals surface area contributed by atoms with Gasteiger partial charge in [0, 0.05) is 11.4 Å². The Morgan fingerprint density at radius 2 is 1.47 bits per heavy atom. The van der Waals surface area contributed by atoms with E-state index in [4.69, 9.17) is 4.98 Å². The van der Waals surface area contributed by atoms with E-state index in [0.29, 0.717) is 0 Å². The van der Waals surface area contributed by atoms with Crippen LogP contribution >= 0.6 is 11.3 Å². The van der Waals surface area contributed by atoms with Crippen molar-refractivity contribution in [3.05, 3.63) is 65.0 Å². The SMILES string of the molecule is Cc1nc(Nc2ccc(C(C)(C)C)cc2)c2nc(Nc3c(C)cccc3C)sc2n1. The van der Waals surface area contributed by atoms with Crippen molar-refractivity contribution in [3.8, 4) is 0 Å². The zero-order chi connectivity index (χ0) is 21.5. The van der Waals surface area contributed by atoms with Crippen molar-refractivity contribution in [1.29, 1.82) is 0 Å². The lowest BCUT2D eigenvalue weighted by molar-refractivity contribution is 0.590. The summed E-state index contributed by atoms with van der Waals surface area (Å²) in [6.45, 7) is 12.7. The van der Waals surface area contributed by atoms with Gasteiger partial charge in [-0.2, -0.15) is 0 Å². The third kappa shape index (κ3) is 4.14. The Kier molecular flexibility index (Phi) is 5.20. The fourth-order valence-corrected chi connectivity index (χ4v) is 4.27. The molecule has 0 saturated heterocycles. The van der Waals surface area contributed by atoms with Gasteiger partial charge in [-0.05, 0) is 55.0 Å². The molecule has 4 rings (SSSR count). The van der Waals surface area contributed by atoms with Gasteiger partial charge in [-0.25, -0.2) is 15.0 Å². The summed E-state index contributed by atoms with van der Waals surface area (Å²) in [5, 5.41) is 7.72. The van der Waals surface area contributed by atoms with Crippen molar-refractivity contribution in [1.82, 2.24) is 15.0 Å². The highest BCUT2D eigenvalue weighted by Gasteiger charge is 2.16. The summed E-state index contributed by atoms with van der Waals surface area (Å²) in [6.07, 6.45) is 0. The fourth-order valence-electron chi connectivity index (χ4n) is 3.38. The maximum absolute atomic E-state index is 4.80. The van der Waals surface area contributed by atoms with Crippen LogP contribution < -0.4 is 10.6 Å². The molecule has 2 aromatic carbocycles. The van der Waals surface area contributed by atoms with Gasteiger partial charge in [0.15, 0.2) is 15.8 Å². The number of aromatic nitrogens is 3. The monoisotopic (exact) mass is 417 g/mol. The van der Waals surface area contributed by atoms with Crippen LogP contribution in [0.1, 0.15) is 43.3 Å². The molecule has 0 unspecified atom stereocenters. The van der Waals surface area contributed by atoms with E-state index < -0.39 is 0 Å². The average molecular weight is 418 g/mol. The summed E-state index contributed by atoms with van der Waals surface area (Å²) in [4.78, 5) is 14.9. The van der Waals surface area contributed by atoms with E-state index in [9.17, 15) is 0 Å². The first-order valence-corrected chi connectivity index (χ1v) is 10.9. The number of hydrogen-bond acceptors (Lipinski definition) is 6. The number of hydrogen-bond donors (Lipinski definition) is 2. The van der Waals surface area contributed by atoms with Crippen molar-refractivity contribution < 1.29 is 0 Å². The lowest BCUT2D eigenvalue weighted by Gasteiger charge is -2.19. The van der Waals surface area contributed by atoms with E-state index in [1.54, 1.807) is 11.3 Å². The molecule has 0 spiro atoms. The Labute approximate surface area is 181 Å². The van der Waals surface area contributed by atoms with Gasteiger partial charge in [-0.1, -0.05) is 62.4 Å². The third-order valence-corrected chi connectivity index (χ3v) is 5.96. The summed E-state index contributed by atoms with van der Waals surface area (Å²) >= 11 is 1.54. The molecule has 0 fully saturated rings. The average Bonchev–Trinajstić information content (AvgIpc) is 3.07. The second-order valence-corrected chi connectivity index (χ2v) is 9.61. The predicted octanol–water partition coefficient (Wildman–Crippen LogP) is 6.80. The first-order valence-electron chi connectivity index (χ1n) is 10.1. The molecule has 0 aliphatic heterocycles. The molecule has 154 valence electrons. The number of fused-ring (bicyclic) bond motifs is 1. The molecule has 0 bridgehead atoms. The second kappa shape index (κ2) is 7.69. The normalized spacial score (nSPS) is 11.7. The molecular formula is C24H27N5S. The fraction of sp³-hybridized carbons (Fsp3) is 0.292. The van der Waals surface area contributed by atoms with Crippen molar-refractivity contribution in [3.63, 3.8) is 0 Å². The van der Waals surface area contributed by atoms with E-state index in [0.717, 1.165) is 38.5 Å². The largest absolute Gasteiger partial charge is 0.338 e. The van der Waals surface area contributed by atoms with Crippen LogP contribution in [0.25, 0.3) is 10.3 Å². The van der Waals surface area contributed by atoms with Crippen LogP contribution in [0, 0.1) is 20.8 Å². The highest BCUT2D eigenvalue weighted by molar-refractivity contribution is 7.21. The topological polar surface area (TPSA) is 62.7 Å². The van der Waals surface area contributed by atoms with E-state index >= 15 is 0 Å². The molecule has 4 aromatic rings. The highest BCUT2D eigenvalue weighted by Crippen LogP contribution is 2.33. The summed E-state index contributed by atoms with van der Waals surface area (Å²) in [5.41, 5.74) is 6.65. The third-order valence-electron chi connectivity index (χ3n) is 5.10. The number of para-hydroxylation sites is 1. The minimum Gasteiger partial charge on any atom is -0.338 e. The molecule has 0 aliphatic rings. The van der Waals surface area contributed by atoms with Crippen molar-refractivity contribution in [2.75, 3.05) is 10.6 Å². The van der Waals surface area contributed by atoms with Gasteiger partial charge in [0.1, 0.15) is 11.3 Å². The second-order valence-electron chi connectivity index (χ2n) is 8.64. The van der Waals surface area contributed by atoms with Crippen molar-refractivity contribution >= 4 is 44.0 Å². The minimum absolute atomic E-state index is 0.125. The number of benzene rings is 2. The standard InChI is InChI=1S/C24H27N5S/c1-14-8-7-9-15(2)19(14)28-23-29-20-21(25-16(3)26-22(20)30-23)27-18-12-10-17(11-13-18)24(4,5)6/h7-13H,1-6H3,(H,28,29)(H,25,26,27). The van der Waals surface area contributed by atoms with Gasteiger partial charge >= 0.3 is 0 Å². The van der Waals surface area contributed by atoms with Gasteiger partial charge in [0.25, 0.3) is 0 Å². The minimum atomic E-state index is 0.125. The van der Waals surface area contributed by atoms with Crippen LogP contribution in [-0.2, 0) is 5.41 Å². The number of aryl methyl sites for hydroxylation is 3. The molecule has 5 nitrogen and oxygen atoms in total. The van der Waals surface area contributed by atoms with Gasteiger partial charge in [-0.3, -0.25) is 0 Å². The number of thiazole rings is 1. The highest BCUT2D eigenvalue weighted by atomic mass is 32.1. The molecule has 0 radical (unpaired) electrons. The lowest BCUT2D eigenvalue weighted by Crippen LogP contribution is -2.10. The Bertz CT molecular complexity index is 1180. The molecule has 2 N–H and O–H groups in total. The van der Waals surface area contributed by atoms with Crippen LogP contribution in [0.4, 0.5) is 22.3 Å². The summed E-state index contributed by atoms with van der Waals surface area (Å²) in [7, 11) is 0. The summed E-state index contributed by atoms with van der Waals surface area (Å²) < 4.78 is 0. The summed E-state index contributed by atoms with van der Waals surface area (Å²) in [6, 6.07) is 14.8. The molecule has 6 heteroatoms. The van der Waals surface area contributed by atoms with E-state index in [2.05, 4.69) is 97.7 Å². The van der Waals surface area contributed by atoms with Crippen LogP contribution in [0.15, 0.2) is 42.5 Å². The maximum atomic E-state index is 4.80. The molecule has 2 aromatic heterocycles. The molecule has 0 aliphatic carbocycles. The zero-order valence-electron chi connectivity index (χ0n) is 18.3. The maximum Gasteiger partial charge on any atom is 0.189 e. The quantitative estimate of drug-likeness (QED) is 0.382. The predicted molar refractivity (Wildman–Crippen MR) is 128 cm³/mol. The summed E-state index contributed by atoms with van der Waals surface area (Å²) in [5.74, 6) is 1.45. The first kappa shape index (κ1) is 20.3. The number of nitrogens with zero attached hydrogens (tertiary/aromatic N) is 3. The smallest absolute Gasteiger partial charge is 0.189 e. The van der Waals surface area contributed by atoms with Gasteiger partial charge in [0.2, 0.25) is 0 Å². The van der Waals surface area contributed by atoms with Crippen LogP contribution in [-0.4, -0.2) is 15.0 Å². The van der Waals surface area contributed by atoms with Crippen molar-refractivity contribution in [2.45, 2.75) is 47.0 Å². The van der Waals surface area contributed by atoms with Crippen LogP contribution in [0.2, 0.25) is 0 Å². The van der Waals surface area contributed by atoms with Gasteiger partial charge < -0.3 is 10.6 Å².